The summed E-state index contributed by atoms with van der Waals surface area (Å²) >= 11 is 0. The first kappa shape index (κ1) is 23.5. The highest BCUT2D eigenvalue weighted by Gasteiger charge is 2.23. The molecule has 2 aliphatic heterocycles. The normalized spacial score (nSPS) is 18.1. The van der Waals surface area contributed by atoms with Gasteiger partial charge in [-0.1, -0.05) is 42.5 Å². The quantitative estimate of drug-likeness (QED) is 0.513. The monoisotopic (exact) mass is 475 g/mol. The smallest absolute Gasteiger partial charge is 0.249 e. The van der Waals surface area contributed by atoms with E-state index < -0.39 is 0 Å². The topological polar surface area (TPSA) is 81.5 Å². The third-order valence-corrected chi connectivity index (χ3v) is 6.64. The van der Waals surface area contributed by atoms with Crippen molar-refractivity contribution in [1.29, 1.82) is 0 Å². The maximum Gasteiger partial charge on any atom is 0.249 e. The van der Waals surface area contributed by atoms with Crippen LogP contribution < -0.4 is 10.1 Å². The number of ether oxygens (including phenoxy) is 2. The van der Waals surface area contributed by atoms with Gasteiger partial charge in [0.1, 0.15) is 30.1 Å². The highest BCUT2D eigenvalue weighted by atomic mass is 16.5. The molecule has 5 rings (SSSR count). The molecule has 8 heteroatoms. The predicted molar refractivity (Wildman–Crippen MR) is 132 cm³/mol. The zero-order chi connectivity index (χ0) is 23.9. The summed E-state index contributed by atoms with van der Waals surface area (Å²) in [6.45, 7) is 5.44. The van der Waals surface area contributed by atoms with Crippen LogP contribution in [0.4, 0.5) is 0 Å². The fourth-order valence-electron chi connectivity index (χ4n) is 4.66. The lowest BCUT2D eigenvalue weighted by atomic mass is 10.2. The minimum Gasteiger partial charge on any atom is -0.489 e. The molecule has 1 amide bonds. The third kappa shape index (κ3) is 6.26. The molecule has 0 saturated carbocycles. The SMILES string of the molecule is O=C(NCCc1nnc2n1CCN(Cc1ccc(OCc3ccccc3)cc1)CC2)[C@@H]1CCCO1. The van der Waals surface area contributed by atoms with Crippen molar-refractivity contribution in [3.05, 3.63) is 77.4 Å². The molecule has 0 radical (unpaired) electrons. The van der Waals surface area contributed by atoms with Crippen LogP contribution in [0.25, 0.3) is 0 Å². The fraction of sp³-hybridized carbons (Fsp3) is 0.444. The molecule has 0 aliphatic carbocycles. The number of aromatic nitrogens is 3. The van der Waals surface area contributed by atoms with Crippen molar-refractivity contribution >= 4 is 5.91 Å². The molecule has 35 heavy (non-hydrogen) atoms. The Balaban J connectivity index is 1.09. The largest absolute Gasteiger partial charge is 0.489 e. The van der Waals surface area contributed by atoms with Gasteiger partial charge in [-0.25, -0.2) is 0 Å². The van der Waals surface area contributed by atoms with E-state index in [1.54, 1.807) is 0 Å². The Morgan fingerprint density at radius 2 is 1.89 bits per heavy atom. The molecule has 2 aliphatic rings. The van der Waals surface area contributed by atoms with Gasteiger partial charge in [-0.3, -0.25) is 9.69 Å². The van der Waals surface area contributed by atoms with Gasteiger partial charge in [0.05, 0.1) is 0 Å². The van der Waals surface area contributed by atoms with E-state index >= 15 is 0 Å². The van der Waals surface area contributed by atoms with Gasteiger partial charge >= 0.3 is 0 Å². The fourth-order valence-corrected chi connectivity index (χ4v) is 4.66. The highest BCUT2D eigenvalue weighted by Crippen LogP contribution is 2.17. The van der Waals surface area contributed by atoms with Crippen LogP contribution in [0.5, 0.6) is 5.75 Å². The van der Waals surface area contributed by atoms with Crippen molar-refractivity contribution in [2.24, 2.45) is 0 Å². The lowest BCUT2D eigenvalue weighted by Gasteiger charge is -2.20. The van der Waals surface area contributed by atoms with Crippen molar-refractivity contribution in [2.75, 3.05) is 26.2 Å². The summed E-state index contributed by atoms with van der Waals surface area (Å²) in [5.74, 6) is 2.84. The van der Waals surface area contributed by atoms with Crippen molar-refractivity contribution in [3.63, 3.8) is 0 Å². The zero-order valence-corrected chi connectivity index (χ0v) is 20.1. The summed E-state index contributed by atoms with van der Waals surface area (Å²) in [6, 6.07) is 18.6. The van der Waals surface area contributed by atoms with Gasteiger partial charge in [-0.05, 0) is 36.1 Å². The van der Waals surface area contributed by atoms with Gasteiger partial charge in [0.25, 0.3) is 0 Å². The second kappa shape index (κ2) is 11.5. The van der Waals surface area contributed by atoms with Crippen LogP contribution in [0.15, 0.2) is 54.6 Å². The van der Waals surface area contributed by atoms with Crippen LogP contribution in [0, 0.1) is 0 Å². The van der Waals surface area contributed by atoms with E-state index in [0.717, 1.165) is 68.4 Å². The molecule has 3 heterocycles. The minimum atomic E-state index is -0.288. The molecule has 184 valence electrons. The molecule has 2 aromatic carbocycles. The van der Waals surface area contributed by atoms with E-state index in [2.05, 4.69) is 49.2 Å². The van der Waals surface area contributed by atoms with E-state index in [0.29, 0.717) is 26.2 Å². The summed E-state index contributed by atoms with van der Waals surface area (Å²) in [5.41, 5.74) is 2.43. The second-order valence-electron chi connectivity index (χ2n) is 9.17. The maximum atomic E-state index is 12.2. The number of nitrogens with one attached hydrogen (secondary N) is 1. The number of benzene rings is 2. The Morgan fingerprint density at radius 1 is 1.03 bits per heavy atom. The lowest BCUT2D eigenvalue weighted by Crippen LogP contribution is -2.35. The molecule has 1 saturated heterocycles. The highest BCUT2D eigenvalue weighted by molar-refractivity contribution is 5.80. The summed E-state index contributed by atoms with van der Waals surface area (Å²) in [4.78, 5) is 14.6. The number of hydrogen-bond acceptors (Lipinski definition) is 6. The number of rotatable bonds is 9. The Bertz CT molecular complexity index is 1090. The molecule has 1 N–H and O–H groups in total. The van der Waals surface area contributed by atoms with Crippen molar-refractivity contribution in [3.8, 4) is 5.75 Å². The van der Waals surface area contributed by atoms with Crippen LogP contribution >= 0.6 is 0 Å². The van der Waals surface area contributed by atoms with E-state index in [9.17, 15) is 4.79 Å². The molecule has 0 bridgehead atoms. The van der Waals surface area contributed by atoms with Crippen molar-refractivity contribution in [2.45, 2.75) is 51.5 Å². The first-order valence-corrected chi connectivity index (χ1v) is 12.5. The Labute approximate surface area is 206 Å². The number of carbonyl (C=O) groups is 1. The van der Waals surface area contributed by atoms with Gasteiger partial charge in [0.2, 0.25) is 5.91 Å². The van der Waals surface area contributed by atoms with Crippen molar-refractivity contribution < 1.29 is 14.3 Å². The van der Waals surface area contributed by atoms with Gasteiger partial charge in [-0.2, -0.15) is 0 Å². The molecule has 1 fully saturated rings. The number of hydrogen-bond donors (Lipinski definition) is 1. The second-order valence-corrected chi connectivity index (χ2v) is 9.17. The molecular weight excluding hydrogens is 442 g/mol. The number of carbonyl (C=O) groups excluding carboxylic acids is 1. The van der Waals surface area contributed by atoms with Crippen LogP contribution in [0.3, 0.4) is 0 Å². The van der Waals surface area contributed by atoms with E-state index in [4.69, 9.17) is 9.47 Å². The maximum absolute atomic E-state index is 12.2. The summed E-state index contributed by atoms with van der Waals surface area (Å²) in [5, 5.41) is 11.8. The van der Waals surface area contributed by atoms with Gasteiger partial charge in [0.15, 0.2) is 0 Å². The summed E-state index contributed by atoms with van der Waals surface area (Å²) in [7, 11) is 0. The molecule has 8 nitrogen and oxygen atoms in total. The van der Waals surface area contributed by atoms with Crippen LogP contribution in [-0.2, 0) is 42.1 Å². The first-order valence-electron chi connectivity index (χ1n) is 12.5. The van der Waals surface area contributed by atoms with Gasteiger partial charge < -0.3 is 19.4 Å². The average molecular weight is 476 g/mol. The summed E-state index contributed by atoms with van der Waals surface area (Å²) in [6.07, 6.45) is 3.02. The molecule has 1 aromatic heterocycles. The molecule has 1 atom stereocenters. The lowest BCUT2D eigenvalue weighted by molar-refractivity contribution is -0.130. The van der Waals surface area contributed by atoms with Crippen LogP contribution in [0.1, 0.15) is 35.6 Å². The standard InChI is InChI=1S/C27H33N5O3/c33-27(24-7-4-18-34-24)28-14-12-25-29-30-26-13-15-31(16-17-32(25)26)19-21-8-10-23(11-9-21)35-20-22-5-2-1-3-6-22/h1-3,5-6,8-11,24H,4,7,12-20H2,(H,28,33)/t24-/m0/s1. The number of amides is 1. The Kier molecular flexibility index (Phi) is 7.70. The summed E-state index contributed by atoms with van der Waals surface area (Å²) < 4.78 is 13.6. The first-order chi connectivity index (χ1) is 17.2. The molecular formula is C27H33N5O3. The van der Waals surface area contributed by atoms with Gasteiger partial charge in [0, 0.05) is 52.2 Å². The van der Waals surface area contributed by atoms with Crippen LogP contribution in [-0.4, -0.2) is 57.9 Å². The number of nitrogens with zero attached hydrogens (tertiary/aromatic N) is 4. The van der Waals surface area contributed by atoms with Crippen molar-refractivity contribution in [1.82, 2.24) is 25.0 Å². The minimum absolute atomic E-state index is 0.0132. The van der Waals surface area contributed by atoms with Crippen LogP contribution in [0.2, 0.25) is 0 Å². The number of fused-ring (bicyclic) bond motifs is 1. The Morgan fingerprint density at radius 3 is 2.69 bits per heavy atom. The third-order valence-electron chi connectivity index (χ3n) is 6.64. The molecule has 0 unspecified atom stereocenters. The molecule has 0 spiro atoms. The average Bonchev–Trinajstić information content (AvgIpc) is 3.52. The molecule has 3 aromatic rings. The predicted octanol–water partition coefficient (Wildman–Crippen LogP) is 2.75. The van der Waals surface area contributed by atoms with Gasteiger partial charge in [-0.15, -0.1) is 10.2 Å². The van der Waals surface area contributed by atoms with E-state index in [-0.39, 0.29) is 12.0 Å². The van der Waals surface area contributed by atoms with E-state index in [1.807, 2.05) is 30.3 Å². The zero-order valence-electron chi connectivity index (χ0n) is 20.1. The Hall–Kier alpha value is -3.23. The van der Waals surface area contributed by atoms with E-state index in [1.165, 1.54) is 5.56 Å².